The molecular weight excluding hydrogens is 337 g/mol. The summed E-state index contributed by atoms with van der Waals surface area (Å²) < 4.78 is 38.4. The number of halogens is 4. The first-order chi connectivity index (χ1) is 10.7. The van der Waals surface area contributed by atoms with Crippen LogP contribution in [0.25, 0.3) is 0 Å². The van der Waals surface area contributed by atoms with Crippen molar-refractivity contribution in [2.75, 3.05) is 18.4 Å². The number of carbonyl (C=O) groups is 1. The van der Waals surface area contributed by atoms with E-state index in [1.54, 1.807) is 0 Å². The maximum absolute atomic E-state index is 12.8. The van der Waals surface area contributed by atoms with Gasteiger partial charge in [0.1, 0.15) is 5.82 Å². The highest BCUT2D eigenvalue weighted by atomic mass is 35.5. The van der Waals surface area contributed by atoms with Gasteiger partial charge in [0.05, 0.1) is 5.56 Å². The first kappa shape index (κ1) is 16.1. The second-order valence-electron chi connectivity index (χ2n) is 5.95. The van der Waals surface area contributed by atoms with Crippen molar-refractivity contribution < 1.29 is 23.1 Å². The van der Waals surface area contributed by atoms with E-state index in [4.69, 9.17) is 16.7 Å². The molecule has 2 fully saturated rings. The Bertz CT molecular complexity index is 614. The molecular formula is C13H14ClF3N4O2. The Kier molecular flexibility index (Phi) is 3.99. The molecule has 1 aromatic heterocycles. The quantitative estimate of drug-likeness (QED) is 0.857. The molecule has 0 spiro atoms. The van der Waals surface area contributed by atoms with Gasteiger partial charge in [-0.1, -0.05) is 11.6 Å². The van der Waals surface area contributed by atoms with Crippen molar-refractivity contribution in [2.45, 2.75) is 25.1 Å². The molecule has 1 aromatic rings. The van der Waals surface area contributed by atoms with Gasteiger partial charge in [-0.3, -0.25) is 0 Å². The van der Waals surface area contributed by atoms with Crippen LogP contribution in [0.1, 0.15) is 18.4 Å². The van der Waals surface area contributed by atoms with E-state index in [9.17, 15) is 18.0 Å². The molecule has 2 heterocycles. The van der Waals surface area contributed by atoms with Gasteiger partial charge in [-0.05, 0) is 30.7 Å². The highest BCUT2D eigenvalue weighted by molar-refractivity contribution is 6.30. The zero-order valence-corrected chi connectivity index (χ0v) is 12.6. The number of amides is 1. The number of fused-ring (bicyclic) bond motifs is 1. The molecule has 126 valence electrons. The van der Waals surface area contributed by atoms with Crippen molar-refractivity contribution >= 4 is 23.5 Å². The topological polar surface area (TPSA) is 78.4 Å². The maximum Gasteiger partial charge on any atom is 0.419 e. The van der Waals surface area contributed by atoms with Crippen LogP contribution in [0.4, 0.5) is 23.8 Å². The molecule has 3 rings (SSSR count). The van der Waals surface area contributed by atoms with Crippen molar-refractivity contribution in [3.8, 4) is 0 Å². The minimum Gasteiger partial charge on any atom is -0.465 e. The lowest BCUT2D eigenvalue weighted by molar-refractivity contribution is -0.137. The lowest BCUT2D eigenvalue weighted by Gasteiger charge is -2.18. The van der Waals surface area contributed by atoms with Gasteiger partial charge in [-0.15, -0.1) is 10.2 Å². The third-order valence-corrected chi connectivity index (χ3v) is 4.71. The normalized spacial score (nSPS) is 27.1. The van der Waals surface area contributed by atoms with Crippen LogP contribution in [0, 0.1) is 11.8 Å². The highest BCUT2D eigenvalue weighted by Crippen LogP contribution is 2.40. The van der Waals surface area contributed by atoms with Crippen LogP contribution in [0.2, 0.25) is 5.15 Å². The minimum atomic E-state index is -4.59. The van der Waals surface area contributed by atoms with Gasteiger partial charge in [0, 0.05) is 19.1 Å². The van der Waals surface area contributed by atoms with Gasteiger partial charge in [-0.25, -0.2) is 4.79 Å². The summed E-state index contributed by atoms with van der Waals surface area (Å²) in [5.41, 5.74) is -1.02. The lowest BCUT2D eigenvalue weighted by atomic mass is 10.0. The predicted molar refractivity (Wildman–Crippen MR) is 75.3 cm³/mol. The number of hydrogen-bond donors (Lipinski definition) is 2. The molecule has 6 nitrogen and oxygen atoms in total. The van der Waals surface area contributed by atoms with E-state index >= 15 is 0 Å². The Morgan fingerprint density at radius 1 is 1.30 bits per heavy atom. The fraction of sp³-hybridized carbons (Fsp3) is 0.615. The van der Waals surface area contributed by atoms with Gasteiger partial charge < -0.3 is 15.3 Å². The number of alkyl halides is 3. The second-order valence-corrected chi connectivity index (χ2v) is 6.31. The van der Waals surface area contributed by atoms with Crippen LogP contribution in [0.3, 0.4) is 0 Å². The number of carboxylic acid groups (broad SMARTS) is 1. The average molecular weight is 351 g/mol. The van der Waals surface area contributed by atoms with E-state index in [-0.39, 0.29) is 23.7 Å². The van der Waals surface area contributed by atoms with E-state index in [1.807, 2.05) is 0 Å². The van der Waals surface area contributed by atoms with Crippen LogP contribution in [0.15, 0.2) is 6.07 Å². The Balaban J connectivity index is 1.65. The molecule has 1 saturated carbocycles. The van der Waals surface area contributed by atoms with E-state index in [2.05, 4.69) is 15.5 Å². The van der Waals surface area contributed by atoms with Crippen LogP contribution < -0.4 is 5.32 Å². The van der Waals surface area contributed by atoms with E-state index in [0.29, 0.717) is 25.9 Å². The van der Waals surface area contributed by atoms with Crippen molar-refractivity contribution in [3.05, 3.63) is 16.8 Å². The van der Waals surface area contributed by atoms with Gasteiger partial charge in [0.2, 0.25) is 0 Å². The summed E-state index contributed by atoms with van der Waals surface area (Å²) in [5, 5.41) is 18.3. The Morgan fingerprint density at radius 2 is 1.91 bits per heavy atom. The largest absolute Gasteiger partial charge is 0.465 e. The molecule has 23 heavy (non-hydrogen) atoms. The van der Waals surface area contributed by atoms with Crippen molar-refractivity contribution in [1.29, 1.82) is 0 Å². The van der Waals surface area contributed by atoms with Gasteiger partial charge in [0.25, 0.3) is 0 Å². The summed E-state index contributed by atoms with van der Waals surface area (Å²) >= 11 is 5.44. The number of hydrogen-bond acceptors (Lipinski definition) is 4. The van der Waals surface area contributed by atoms with Crippen molar-refractivity contribution in [3.63, 3.8) is 0 Å². The fourth-order valence-corrected chi connectivity index (χ4v) is 3.63. The van der Waals surface area contributed by atoms with Gasteiger partial charge in [0.15, 0.2) is 5.15 Å². The van der Waals surface area contributed by atoms with Gasteiger partial charge >= 0.3 is 12.3 Å². The third kappa shape index (κ3) is 3.29. The second kappa shape index (κ2) is 5.70. The summed E-state index contributed by atoms with van der Waals surface area (Å²) in [5.74, 6) is 0.485. The molecule has 2 aliphatic rings. The van der Waals surface area contributed by atoms with Crippen LogP contribution >= 0.6 is 11.6 Å². The summed E-state index contributed by atoms with van der Waals surface area (Å²) in [6.45, 7) is 0.941. The molecule has 0 radical (unpaired) electrons. The number of nitrogens with one attached hydrogen (secondary N) is 1. The molecule has 0 aromatic carbocycles. The zero-order chi connectivity index (χ0) is 16.8. The molecule has 1 amide bonds. The number of nitrogens with zero attached hydrogens (tertiary/aromatic N) is 3. The summed E-state index contributed by atoms with van der Waals surface area (Å²) in [4.78, 5) is 12.3. The smallest absolute Gasteiger partial charge is 0.419 e. The standard InChI is InChI=1S/C13H14ClF3N4O2/c14-11-9(13(15,16)17)3-10(19-20-11)18-8-1-6-4-21(12(22)23)5-7(6)2-8/h3,6-8H,1-2,4-5H2,(H,18,19)(H,22,23)/t6-,7+,8-. The van der Waals surface area contributed by atoms with Crippen LogP contribution in [0.5, 0.6) is 0 Å². The highest BCUT2D eigenvalue weighted by Gasteiger charge is 2.42. The maximum atomic E-state index is 12.8. The molecule has 1 saturated heterocycles. The monoisotopic (exact) mass is 350 g/mol. The van der Waals surface area contributed by atoms with E-state index < -0.39 is 23.0 Å². The summed E-state index contributed by atoms with van der Waals surface area (Å²) in [7, 11) is 0. The first-order valence-electron chi connectivity index (χ1n) is 7.09. The summed E-state index contributed by atoms with van der Waals surface area (Å²) in [6, 6.07) is 0.810. The van der Waals surface area contributed by atoms with Crippen molar-refractivity contribution in [2.24, 2.45) is 11.8 Å². The fourth-order valence-electron chi connectivity index (χ4n) is 3.43. The molecule has 2 N–H and O–H groups in total. The predicted octanol–water partition coefficient (Wildman–Crippen LogP) is 2.95. The number of aromatic nitrogens is 2. The first-order valence-corrected chi connectivity index (χ1v) is 7.46. The Labute approximate surface area is 134 Å². The summed E-state index contributed by atoms with van der Waals surface area (Å²) in [6.07, 6.45) is -4.13. The molecule has 0 unspecified atom stereocenters. The van der Waals surface area contributed by atoms with Crippen LogP contribution in [-0.4, -0.2) is 45.4 Å². The SMILES string of the molecule is O=C(O)N1C[C@H]2C[C@@H](Nc3cc(C(F)(F)F)c(Cl)nn3)C[C@H]2C1. The number of rotatable bonds is 2. The lowest BCUT2D eigenvalue weighted by Crippen LogP contribution is -2.29. The minimum absolute atomic E-state index is 0.0294. The Morgan fingerprint density at radius 3 is 2.43 bits per heavy atom. The number of likely N-dealkylation sites (tertiary alicyclic amines) is 1. The Hall–Kier alpha value is -1.77. The van der Waals surface area contributed by atoms with E-state index in [0.717, 1.165) is 6.07 Å². The zero-order valence-electron chi connectivity index (χ0n) is 11.8. The van der Waals surface area contributed by atoms with E-state index in [1.165, 1.54) is 4.90 Å². The molecule has 10 heteroatoms. The third-order valence-electron chi connectivity index (χ3n) is 4.43. The van der Waals surface area contributed by atoms with Crippen LogP contribution in [-0.2, 0) is 6.18 Å². The molecule has 1 aliphatic heterocycles. The van der Waals surface area contributed by atoms with Gasteiger partial charge in [-0.2, -0.15) is 13.2 Å². The molecule has 3 atom stereocenters. The average Bonchev–Trinajstić information content (AvgIpc) is 2.97. The number of anilines is 1. The molecule has 1 aliphatic carbocycles. The van der Waals surface area contributed by atoms with Crippen molar-refractivity contribution in [1.82, 2.24) is 15.1 Å². The molecule has 0 bridgehead atoms.